The number of carbonyl (C=O) groups excluding carboxylic acids is 1. The van der Waals surface area contributed by atoms with E-state index in [0.717, 1.165) is 24.4 Å². The summed E-state index contributed by atoms with van der Waals surface area (Å²) in [5, 5.41) is 8.32. The molecular formula is C20H26N4O2. The average Bonchev–Trinajstić information content (AvgIpc) is 3.25. The van der Waals surface area contributed by atoms with Crippen molar-refractivity contribution < 1.29 is 9.53 Å². The number of fused-ring (bicyclic) bond motifs is 1. The van der Waals surface area contributed by atoms with Crippen molar-refractivity contribution in [2.24, 2.45) is 0 Å². The number of hydrogen-bond acceptors (Lipinski definition) is 4. The smallest absolute Gasteiger partial charge is 0.410 e. The van der Waals surface area contributed by atoms with Crippen molar-refractivity contribution in [3.63, 3.8) is 0 Å². The Morgan fingerprint density at radius 3 is 2.58 bits per heavy atom. The van der Waals surface area contributed by atoms with Crippen LogP contribution in [0.4, 0.5) is 10.6 Å². The van der Waals surface area contributed by atoms with Crippen LogP contribution in [-0.2, 0) is 23.4 Å². The summed E-state index contributed by atoms with van der Waals surface area (Å²) in [6, 6.07) is 12.6. The van der Waals surface area contributed by atoms with Crippen molar-refractivity contribution in [2.45, 2.75) is 57.8 Å². The standard InChI is InChI=1S/C20H26N4O2/c1-19(2,3)26-18(25)23-11-12-24-16(14-23)13-17(22-24)21-20(9-10-20)15-7-5-4-6-8-15/h4-8,13H,9-12,14H2,1-3H3,(H,21,22). The van der Waals surface area contributed by atoms with Gasteiger partial charge < -0.3 is 15.0 Å². The maximum atomic E-state index is 12.3. The number of ether oxygens (including phenoxy) is 1. The van der Waals surface area contributed by atoms with Gasteiger partial charge in [-0.3, -0.25) is 4.68 Å². The SMILES string of the molecule is CC(C)(C)OC(=O)N1CCn2nc(NC3(c4ccccc4)CC3)cc2C1. The quantitative estimate of drug-likeness (QED) is 0.912. The van der Waals surface area contributed by atoms with Crippen LogP contribution >= 0.6 is 0 Å². The largest absolute Gasteiger partial charge is 0.444 e. The summed E-state index contributed by atoms with van der Waals surface area (Å²) < 4.78 is 7.48. The van der Waals surface area contributed by atoms with Crippen LogP contribution in [0.3, 0.4) is 0 Å². The molecule has 1 amide bonds. The highest BCUT2D eigenvalue weighted by atomic mass is 16.6. The predicted octanol–water partition coefficient (Wildman–Crippen LogP) is 3.74. The summed E-state index contributed by atoms with van der Waals surface area (Å²) in [5.74, 6) is 0.882. The number of rotatable bonds is 3. The molecule has 0 atom stereocenters. The van der Waals surface area contributed by atoms with E-state index in [1.807, 2.05) is 31.5 Å². The molecule has 1 aliphatic carbocycles. The first kappa shape index (κ1) is 16.9. The first-order chi connectivity index (χ1) is 12.3. The van der Waals surface area contributed by atoms with E-state index in [9.17, 15) is 4.79 Å². The summed E-state index contributed by atoms with van der Waals surface area (Å²) in [6.07, 6.45) is 1.97. The molecule has 6 heteroatoms. The number of anilines is 1. The molecule has 0 saturated heterocycles. The van der Waals surface area contributed by atoms with E-state index in [-0.39, 0.29) is 11.6 Å². The lowest BCUT2D eigenvalue weighted by molar-refractivity contribution is 0.0194. The Balaban J connectivity index is 1.46. The van der Waals surface area contributed by atoms with E-state index in [1.165, 1.54) is 5.56 Å². The van der Waals surface area contributed by atoms with Crippen molar-refractivity contribution in [3.05, 3.63) is 47.7 Å². The second-order valence-electron chi connectivity index (χ2n) is 8.22. The van der Waals surface area contributed by atoms with E-state index in [4.69, 9.17) is 9.84 Å². The normalized spacial score (nSPS) is 18.2. The van der Waals surface area contributed by atoms with E-state index >= 15 is 0 Å². The molecule has 2 heterocycles. The summed E-state index contributed by atoms with van der Waals surface area (Å²) in [4.78, 5) is 14.1. The molecule has 1 aromatic heterocycles. The Hall–Kier alpha value is -2.50. The molecule has 2 aromatic rings. The average molecular weight is 354 g/mol. The molecule has 6 nitrogen and oxygen atoms in total. The van der Waals surface area contributed by atoms with Gasteiger partial charge >= 0.3 is 6.09 Å². The van der Waals surface area contributed by atoms with Gasteiger partial charge in [0.25, 0.3) is 0 Å². The van der Waals surface area contributed by atoms with Crippen LogP contribution < -0.4 is 5.32 Å². The number of nitrogens with one attached hydrogen (secondary N) is 1. The van der Waals surface area contributed by atoms with Gasteiger partial charge in [-0.2, -0.15) is 5.10 Å². The Morgan fingerprint density at radius 1 is 1.19 bits per heavy atom. The molecule has 26 heavy (non-hydrogen) atoms. The van der Waals surface area contributed by atoms with Crippen LogP contribution in [0.5, 0.6) is 0 Å². The summed E-state index contributed by atoms with van der Waals surface area (Å²) in [5.41, 5.74) is 1.88. The fourth-order valence-corrected chi connectivity index (χ4v) is 3.42. The minimum absolute atomic E-state index is 0.0105. The number of hydrogen-bond donors (Lipinski definition) is 1. The molecule has 2 aliphatic rings. The van der Waals surface area contributed by atoms with Gasteiger partial charge in [0.05, 0.1) is 24.3 Å². The van der Waals surface area contributed by atoms with Crippen LogP contribution in [0, 0.1) is 0 Å². The Morgan fingerprint density at radius 2 is 1.92 bits per heavy atom. The third kappa shape index (κ3) is 3.41. The van der Waals surface area contributed by atoms with E-state index in [2.05, 4.69) is 35.6 Å². The van der Waals surface area contributed by atoms with Crippen molar-refractivity contribution in [3.8, 4) is 0 Å². The third-order valence-corrected chi connectivity index (χ3v) is 4.89. The monoisotopic (exact) mass is 354 g/mol. The first-order valence-electron chi connectivity index (χ1n) is 9.23. The highest BCUT2D eigenvalue weighted by Gasteiger charge is 2.44. The lowest BCUT2D eigenvalue weighted by Gasteiger charge is -2.30. The molecule has 1 saturated carbocycles. The fraction of sp³-hybridized carbons (Fsp3) is 0.500. The summed E-state index contributed by atoms with van der Waals surface area (Å²) >= 11 is 0. The zero-order chi connectivity index (χ0) is 18.4. The second kappa shape index (κ2) is 6.04. The molecule has 1 aliphatic heterocycles. The molecule has 4 rings (SSSR count). The van der Waals surface area contributed by atoms with E-state index in [1.54, 1.807) is 4.90 Å². The highest BCUT2D eigenvalue weighted by Crippen LogP contribution is 2.48. The lowest BCUT2D eigenvalue weighted by Crippen LogP contribution is -2.41. The molecular weight excluding hydrogens is 328 g/mol. The third-order valence-electron chi connectivity index (χ3n) is 4.89. The van der Waals surface area contributed by atoms with Crippen LogP contribution in [-0.4, -0.2) is 32.9 Å². The number of benzene rings is 1. The summed E-state index contributed by atoms with van der Waals surface area (Å²) in [7, 11) is 0. The van der Waals surface area contributed by atoms with Gasteiger partial charge in [0.15, 0.2) is 0 Å². The van der Waals surface area contributed by atoms with Crippen molar-refractivity contribution >= 4 is 11.9 Å². The zero-order valence-electron chi connectivity index (χ0n) is 15.7. The Labute approximate surface area is 154 Å². The maximum Gasteiger partial charge on any atom is 0.410 e. The Kier molecular flexibility index (Phi) is 3.93. The van der Waals surface area contributed by atoms with E-state index in [0.29, 0.717) is 19.6 Å². The number of nitrogens with zero attached hydrogens (tertiary/aromatic N) is 3. The fourth-order valence-electron chi connectivity index (χ4n) is 3.42. The molecule has 1 N–H and O–H groups in total. The molecule has 0 bridgehead atoms. The van der Waals surface area contributed by atoms with Crippen LogP contribution in [0.25, 0.3) is 0 Å². The van der Waals surface area contributed by atoms with Gasteiger partial charge in [-0.25, -0.2) is 4.79 Å². The zero-order valence-corrected chi connectivity index (χ0v) is 15.7. The minimum atomic E-state index is -0.477. The van der Waals surface area contributed by atoms with Gasteiger partial charge in [-0.15, -0.1) is 0 Å². The van der Waals surface area contributed by atoms with Gasteiger partial charge in [-0.1, -0.05) is 30.3 Å². The molecule has 0 radical (unpaired) electrons. The van der Waals surface area contributed by atoms with Gasteiger partial charge in [0.1, 0.15) is 11.4 Å². The second-order valence-corrected chi connectivity index (χ2v) is 8.22. The number of amides is 1. The van der Waals surface area contributed by atoms with Crippen LogP contribution in [0.2, 0.25) is 0 Å². The van der Waals surface area contributed by atoms with Gasteiger partial charge in [0.2, 0.25) is 0 Å². The maximum absolute atomic E-state index is 12.3. The number of aromatic nitrogens is 2. The van der Waals surface area contributed by atoms with Crippen molar-refractivity contribution in [2.75, 3.05) is 11.9 Å². The first-order valence-corrected chi connectivity index (χ1v) is 9.23. The predicted molar refractivity (Wildman–Crippen MR) is 99.8 cm³/mol. The molecule has 1 aromatic carbocycles. The van der Waals surface area contributed by atoms with Crippen molar-refractivity contribution in [1.82, 2.24) is 14.7 Å². The van der Waals surface area contributed by atoms with E-state index < -0.39 is 5.60 Å². The number of carbonyl (C=O) groups is 1. The highest BCUT2D eigenvalue weighted by molar-refractivity contribution is 5.68. The molecule has 0 spiro atoms. The molecule has 138 valence electrons. The molecule has 0 unspecified atom stereocenters. The van der Waals surface area contributed by atoms with Crippen molar-refractivity contribution in [1.29, 1.82) is 0 Å². The van der Waals surface area contributed by atoms with Crippen LogP contribution in [0.1, 0.15) is 44.9 Å². The topological polar surface area (TPSA) is 59.4 Å². The Bertz CT molecular complexity index is 803. The minimum Gasteiger partial charge on any atom is -0.444 e. The molecule has 1 fully saturated rings. The van der Waals surface area contributed by atoms with Crippen LogP contribution in [0.15, 0.2) is 36.4 Å². The lowest BCUT2D eigenvalue weighted by atomic mass is 10.1. The van der Waals surface area contributed by atoms with Gasteiger partial charge in [0, 0.05) is 12.6 Å². The summed E-state index contributed by atoms with van der Waals surface area (Å²) in [6.45, 7) is 7.50. The van der Waals surface area contributed by atoms with Gasteiger partial charge in [-0.05, 0) is 39.2 Å².